The van der Waals surface area contributed by atoms with Gasteiger partial charge in [0.1, 0.15) is 11.5 Å². The molecule has 1 aromatic carbocycles. The minimum Gasteiger partial charge on any atom is -0.459 e. The lowest BCUT2D eigenvalue weighted by molar-refractivity contribution is 0.515. The topological polar surface area (TPSA) is 37.2 Å². The molecule has 2 aromatic rings. The summed E-state index contributed by atoms with van der Waals surface area (Å²) in [6, 6.07) is 11.4. The van der Waals surface area contributed by atoms with Crippen LogP contribution in [-0.4, -0.2) is 11.7 Å². The fourth-order valence-electron chi connectivity index (χ4n) is 1.63. The molecule has 1 aromatic heterocycles. The van der Waals surface area contributed by atoms with Crippen LogP contribution in [0, 0.1) is 0 Å². The first-order valence-electron chi connectivity index (χ1n) is 6.05. The van der Waals surface area contributed by atoms with E-state index in [-0.39, 0.29) is 0 Å². The normalized spacial score (nSPS) is 10.2. The van der Waals surface area contributed by atoms with Crippen LogP contribution >= 0.6 is 23.8 Å². The summed E-state index contributed by atoms with van der Waals surface area (Å²) < 4.78 is 5.75. The van der Waals surface area contributed by atoms with Crippen LogP contribution in [0.1, 0.15) is 12.7 Å². The molecule has 1 heterocycles. The van der Waals surface area contributed by atoms with Crippen molar-refractivity contribution in [2.24, 2.45) is 0 Å². The third-order valence-electron chi connectivity index (χ3n) is 2.55. The molecule has 0 saturated carbocycles. The van der Waals surface area contributed by atoms with Gasteiger partial charge in [0.05, 0.1) is 6.54 Å². The molecular weight excluding hydrogens is 280 g/mol. The second kappa shape index (κ2) is 6.59. The zero-order valence-corrected chi connectivity index (χ0v) is 12.1. The van der Waals surface area contributed by atoms with Gasteiger partial charge < -0.3 is 15.1 Å². The van der Waals surface area contributed by atoms with Crippen molar-refractivity contribution in [1.82, 2.24) is 10.6 Å². The monoisotopic (exact) mass is 294 g/mol. The second-order valence-electron chi connectivity index (χ2n) is 3.99. The molecule has 0 amide bonds. The Balaban J connectivity index is 1.99. The Morgan fingerprint density at radius 2 is 1.89 bits per heavy atom. The Labute approximate surface area is 123 Å². The first-order valence-corrected chi connectivity index (χ1v) is 6.84. The number of hydrogen-bond acceptors (Lipinski definition) is 2. The van der Waals surface area contributed by atoms with Crippen LogP contribution in [0.2, 0.25) is 5.02 Å². The molecule has 0 unspecified atom stereocenters. The molecule has 0 atom stereocenters. The minimum absolute atomic E-state index is 0.569. The fraction of sp³-hybridized carbons (Fsp3) is 0.214. The standard InChI is InChI=1S/C14H15ClN2OS/c1-2-16-14(19)17-9-12-7-8-13(18-12)10-3-5-11(15)6-4-10/h3-8H,2,9H2,1H3,(H2,16,17,19). The van der Waals surface area contributed by atoms with E-state index in [2.05, 4.69) is 10.6 Å². The van der Waals surface area contributed by atoms with Crippen LogP contribution in [0.25, 0.3) is 11.3 Å². The van der Waals surface area contributed by atoms with Gasteiger partial charge in [-0.2, -0.15) is 0 Å². The van der Waals surface area contributed by atoms with Crippen molar-refractivity contribution in [3.63, 3.8) is 0 Å². The van der Waals surface area contributed by atoms with Crippen molar-refractivity contribution >= 4 is 28.9 Å². The third-order valence-corrected chi connectivity index (χ3v) is 3.09. The van der Waals surface area contributed by atoms with Gasteiger partial charge in [0, 0.05) is 17.1 Å². The number of rotatable bonds is 4. The number of nitrogens with one attached hydrogen (secondary N) is 2. The summed E-state index contributed by atoms with van der Waals surface area (Å²) in [4.78, 5) is 0. The molecule has 0 spiro atoms. The summed E-state index contributed by atoms with van der Waals surface area (Å²) in [5.74, 6) is 1.66. The highest BCUT2D eigenvalue weighted by Crippen LogP contribution is 2.23. The number of benzene rings is 1. The molecule has 2 rings (SSSR count). The minimum atomic E-state index is 0.569. The maximum atomic E-state index is 5.86. The van der Waals surface area contributed by atoms with E-state index >= 15 is 0 Å². The van der Waals surface area contributed by atoms with Gasteiger partial charge in [0.25, 0.3) is 0 Å². The summed E-state index contributed by atoms with van der Waals surface area (Å²) in [7, 11) is 0. The van der Waals surface area contributed by atoms with Gasteiger partial charge in [-0.05, 0) is 55.5 Å². The number of thiocarbonyl (C=S) groups is 1. The Morgan fingerprint density at radius 3 is 2.58 bits per heavy atom. The molecule has 0 aliphatic carbocycles. The fourth-order valence-corrected chi connectivity index (χ4v) is 1.98. The summed E-state index contributed by atoms with van der Waals surface area (Å²) >= 11 is 10.9. The zero-order valence-electron chi connectivity index (χ0n) is 10.6. The Morgan fingerprint density at radius 1 is 1.16 bits per heavy atom. The van der Waals surface area contributed by atoms with Crippen LogP contribution in [0.3, 0.4) is 0 Å². The van der Waals surface area contributed by atoms with Gasteiger partial charge in [0.15, 0.2) is 5.11 Å². The Bertz CT molecular complexity index is 551. The van der Waals surface area contributed by atoms with Crippen LogP contribution in [0.4, 0.5) is 0 Å². The third kappa shape index (κ3) is 3.98. The lowest BCUT2D eigenvalue weighted by Crippen LogP contribution is -2.34. The largest absolute Gasteiger partial charge is 0.459 e. The molecule has 100 valence electrons. The number of furan rings is 1. The summed E-state index contributed by atoms with van der Waals surface area (Å²) in [5, 5.41) is 7.45. The van der Waals surface area contributed by atoms with Gasteiger partial charge in [-0.1, -0.05) is 11.6 Å². The summed E-state index contributed by atoms with van der Waals surface area (Å²) in [5.41, 5.74) is 1.00. The first kappa shape index (κ1) is 13.9. The quantitative estimate of drug-likeness (QED) is 0.845. The van der Waals surface area contributed by atoms with Gasteiger partial charge in [-0.15, -0.1) is 0 Å². The molecular formula is C14H15ClN2OS. The molecule has 0 saturated heterocycles. The SMILES string of the molecule is CCNC(=S)NCc1ccc(-c2ccc(Cl)cc2)o1. The van der Waals surface area contributed by atoms with Crippen LogP contribution in [-0.2, 0) is 6.54 Å². The predicted molar refractivity (Wildman–Crippen MR) is 82.3 cm³/mol. The van der Waals surface area contributed by atoms with E-state index in [1.807, 2.05) is 43.3 Å². The van der Waals surface area contributed by atoms with Gasteiger partial charge >= 0.3 is 0 Å². The highest BCUT2D eigenvalue weighted by atomic mass is 35.5. The molecule has 3 nitrogen and oxygen atoms in total. The molecule has 5 heteroatoms. The average molecular weight is 295 g/mol. The van der Waals surface area contributed by atoms with Crippen molar-refractivity contribution in [1.29, 1.82) is 0 Å². The smallest absolute Gasteiger partial charge is 0.166 e. The number of halogens is 1. The van der Waals surface area contributed by atoms with Crippen LogP contribution in [0.5, 0.6) is 0 Å². The molecule has 0 aliphatic heterocycles. The van der Waals surface area contributed by atoms with Crippen molar-refractivity contribution < 1.29 is 4.42 Å². The highest BCUT2D eigenvalue weighted by Gasteiger charge is 2.05. The Hall–Kier alpha value is -1.52. The van der Waals surface area contributed by atoms with Gasteiger partial charge in [-0.25, -0.2) is 0 Å². The molecule has 2 N–H and O–H groups in total. The highest BCUT2D eigenvalue weighted by molar-refractivity contribution is 7.80. The van der Waals surface area contributed by atoms with E-state index in [1.54, 1.807) is 0 Å². The lowest BCUT2D eigenvalue weighted by Gasteiger charge is -2.06. The van der Waals surface area contributed by atoms with Crippen LogP contribution < -0.4 is 10.6 Å². The molecule has 19 heavy (non-hydrogen) atoms. The first-order chi connectivity index (χ1) is 9.19. The second-order valence-corrected chi connectivity index (χ2v) is 4.83. The van der Waals surface area contributed by atoms with E-state index < -0.39 is 0 Å². The van der Waals surface area contributed by atoms with Crippen molar-refractivity contribution in [2.45, 2.75) is 13.5 Å². The van der Waals surface area contributed by atoms with Crippen molar-refractivity contribution in [3.8, 4) is 11.3 Å². The molecule has 0 fully saturated rings. The van der Waals surface area contributed by atoms with Crippen LogP contribution in [0.15, 0.2) is 40.8 Å². The van der Waals surface area contributed by atoms with E-state index in [1.165, 1.54) is 0 Å². The van der Waals surface area contributed by atoms with E-state index in [0.29, 0.717) is 16.7 Å². The lowest BCUT2D eigenvalue weighted by atomic mass is 10.2. The molecule has 0 aliphatic rings. The van der Waals surface area contributed by atoms with Crippen molar-refractivity contribution in [2.75, 3.05) is 6.54 Å². The van der Waals surface area contributed by atoms with Gasteiger partial charge in [0.2, 0.25) is 0 Å². The zero-order chi connectivity index (χ0) is 13.7. The average Bonchev–Trinajstić information content (AvgIpc) is 2.86. The molecule has 0 radical (unpaired) electrons. The van der Waals surface area contributed by atoms with Gasteiger partial charge in [-0.3, -0.25) is 0 Å². The number of hydrogen-bond donors (Lipinski definition) is 2. The molecule has 0 bridgehead atoms. The van der Waals surface area contributed by atoms with Crippen molar-refractivity contribution in [3.05, 3.63) is 47.2 Å². The summed E-state index contributed by atoms with van der Waals surface area (Å²) in [6.07, 6.45) is 0. The predicted octanol–water partition coefficient (Wildman–Crippen LogP) is 3.58. The Kier molecular flexibility index (Phi) is 4.82. The van der Waals surface area contributed by atoms with E-state index in [4.69, 9.17) is 28.2 Å². The van der Waals surface area contributed by atoms with E-state index in [0.717, 1.165) is 23.6 Å². The maximum absolute atomic E-state index is 5.86. The summed E-state index contributed by atoms with van der Waals surface area (Å²) in [6.45, 7) is 3.37. The van der Waals surface area contributed by atoms with E-state index in [9.17, 15) is 0 Å². The maximum Gasteiger partial charge on any atom is 0.166 e.